The van der Waals surface area contributed by atoms with Gasteiger partial charge in [0.2, 0.25) is 5.91 Å². The van der Waals surface area contributed by atoms with E-state index in [9.17, 15) is 4.79 Å². The zero-order valence-electron chi connectivity index (χ0n) is 13.4. The van der Waals surface area contributed by atoms with Gasteiger partial charge in [0, 0.05) is 19.1 Å². The quantitative estimate of drug-likeness (QED) is 0.829. The first-order valence-electron chi connectivity index (χ1n) is 7.64. The van der Waals surface area contributed by atoms with Gasteiger partial charge < -0.3 is 4.90 Å². The Morgan fingerprint density at radius 2 is 1.70 bits per heavy atom. The van der Waals surface area contributed by atoms with Gasteiger partial charge in [-0.3, -0.25) is 10.1 Å². The first-order valence-corrected chi connectivity index (χ1v) is 7.64. The van der Waals surface area contributed by atoms with Gasteiger partial charge in [-0.2, -0.15) is 0 Å². The van der Waals surface area contributed by atoms with Gasteiger partial charge in [0.1, 0.15) is 0 Å². The lowest BCUT2D eigenvalue weighted by molar-refractivity contribution is -0.132. The van der Waals surface area contributed by atoms with E-state index < -0.39 is 0 Å². The molecule has 2 unspecified atom stereocenters. The Bertz CT molecular complexity index is 410. The van der Waals surface area contributed by atoms with Crippen molar-refractivity contribution < 1.29 is 4.79 Å². The molecule has 0 spiro atoms. The molecule has 1 amide bonds. The summed E-state index contributed by atoms with van der Waals surface area (Å²) in [5, 5.41) is 3.46. The van der Waals surface area contributed by atoms with Crippen LogP contribution in [0.1, 0.15) is 51.3 Å². The van der Waals surface area contributed by atoms with Crippen LogP contribution in [-0.4, -0.2) is 29.9 Å². The van der Waals surface area contributed by atoms with Crippen LogP contribution in [0.4, 0.5) is 0 Å². The Labute approximate surface area is 123 Å². The topological polar surface area (TPSA) is 32.3 Å². The van der Waals surface area contributed by atoms with Crippen molar-refractivity contribution in [1.82, 2.24) is 10.2 Å². The third-order valence-electron chi connectivity index (χ3n) is 3.78. The van der Waals surface area contributed by atoms with Gasteiger partial charge in [0.15, 0.2) is 0 Å². The molecule has 20 heavy (non-hydrogen) atoms. The lowest BCUT2D eigenvalue weighted by Crippen LogP contribution is -2.45. The summed E-state index contributed by atoms with van der Waals surface area (Å²) in [7, 11) is 0. The molecule has 0 heterocycles. The summed E-state index contributed by atoms with van der Waals surface area (Å²) in [6.45, 7) is 11.8. The molecule has 0 radical (unpaired) electrons. The maximum Gasteiger partial charge on any atom is 0.239 e. The number of carbonyl (C=O) groups is 1. The smallest absolute Gasteiger partial charge is 0.239 e. The lowest BCUT2D eigenvalue weighted by atomic mass is 10.0. The monoisotopic (exact) mass is 276 g/mol. The summed E-state index contributed by atoms with van der Waals surface area (Å²) < 4.78 is 0. The fourth-order valence-electron chi connectivity index (χ4n) is 2.43. The molecule has 1 aromatic carbocycles. The second-order valence-electron chi connectivity index (χ2n) is 5.27. The summed E-state index contributed by atoms with van der Waals surface area (Å²) in [5.74, 6) is 0.181. The molecule has 1 aromatic rings. The number of nitrogens with zero attached hydrogens (tertiary/aromatic N) is 1. The second-order valence-corrected chi connectivity index (χ2v) is 5.27. The van der Waals surface area contributed by atoms with Crippen LogP contribution >= 0.6 is 0 Å². The fourth-order valence-corrected chi connectivity index (χ4v) is 2.43. The Morgan fingerprint density at radius 3 is 2.15 bits per heavy atom. The van der Waals surface area contributed by atoms with Gasteiger partial charge in [-0.15, -0.1) is 0 Å². The number of amides is 1. The zero-order chi connectivity index (χ0) is 15.1. The average Bonchev–Trinajstić information content (AvgIpc) is 2.46. The van der Waals surface area contributed by atoms with Crippen molar-refractivity contribution >= 4 is 5.91 Å². The predicted octanol–water partition coefficient (Wildman–Crippen LogP) is 3.29. The number of hydrogen-bond donors (Lipinski definition) is 1. The highest BCUT2D eigenvalue weighted by Crippen LogP contribution is 2.18. The summed E-state index contributed by atoms with van der Waals surface area (Å²) in [5.41, 5.74) is 2.51. The van der Waals surface area contributed by atoms with E-state index in [0.717, 1.165) is 19.5 Å². The molecule has 0 bridgehead atoms. The van der Waals surface area contributed by atoms with E-state index >= 15 is 0 Å². The van der Waals surface area contributed by atoms with E-state index in [1.807, 2.05) is 25.7 Å². The molecular weight excluding hydrogens is 248 g/mol. The van der Waals surface area contributed by atoms with E-state index in [2.05, 4.69) is 43.4 Å². The number of hydrogen-bond acceptors (Lipinski definition) is 2. The second kappa shape index (κ2) is 8.05. The van der Waals surface area contributed by atoms with Crippen LogP contribution in [0, 0.1) is 6.92 Å². The van der Waals surface area contributed by atoms with Crippen LogP contribution in [0.2, 0.25) is 0 Å². The molecule has 3 heteroatoms. The van der Waals surface area contributed by atoms with Crippen LogP contribution in [0.15, 0.2) is 24.3 Å². The minimum atomic E-state index is -0.152. The van der Waals surface area contributed by atoms with E-state index in [1.54, 1.807) is 0 Å². The maximum absolute atomic E-state index is 12.3. The van der Waals surface area contributed by atoms with Gasteiger partial charge in [-0.25, -0.2) is 0 Å². The van der Waals surface area contributed by atoms with Crippen molar-refractivity contribution in [2.75, 3.05) is 13.1 Å². The minimum Gasteiger partial charge on any atom is -0.342 e. The fraction of sp³-hybridized carbons (Fsp3) is 0.588. The first kappa shape index (κ1) is 16.7. The largest absolute Gasteiger partial charge is 0.342 e. The third-order valence-corrected chi connectivity index (χ3v) is 3.78. The van der Waals surface area contributed by atoms with Crippen LogP contribution in [0.25, 0.3) is 0 Å². The number of benzene rings is 1. The molecule has 0 fully saturated rings. The van der Waals surface area contributed by atoms with Gasteiger partial charge in [0.05, 0.1) is 6.04 Å². The summed E-state index contributed by atoms with van der Waals surface area (Å²) >= 11 is 0. The number of aryl methyl sites for hydroxylation is 1. The predicted molar refractivity (Wildman–Crippen MR) is 84.7 cm³/mol. The van der Waals surface area contributed by atoms with E-state index in [0.29, 0.717) is 0 Å². The number of nitrogens with one attached hydrogen (secondary N) is 1. The molecule has 112 valence electrons. The van der Waals surface area contributed by atoms with Gasteiger partial charge >= 0.3 is 0 Å². The Hall–Kier alpha value is -1.35. The van der Waals surface area contributed by atoms with Crippen molar-refractivity contribution in [3.05, 3.63) is 35.4 Å². The normalized spacial score (nSPS) is 13.8. The van der Waals surface area contributed by atoms with Crippen molar-refractivity contribution in [1.29, 1.82) is 0 Å². The molecule has 0 aliphatic rings. The highest BCUT2D eigenvalue weighted by Gasteiger charge is 2.21. The van der Waals surface area contributed by atoms with Crippen molar-refractivity contribution in [2.45, 2.75) is 53.1 Å². The molecule has 0 aliphatic carbocycles. The zero-order valence-corrected chi connectivity index (χ0v) is 13.4. The summed E-state index contributed by atoms with van der Waals surface area (Å²) in [6, 6.07) is 8.61. The van der Waals surface area contributed by atoms with Crippen LogP contribution in [-0.2, 0) is 4.79 Å². The molecule has 2 atom stereocenters. The molecule has 1 rings (SSSR count). The van der Waals surface area contributed by atoms with E-state index in [-0.39, 0.29) is 18.0 Å². The number of likely N-dealkylation sites (N-methyl/N-ethyl adjacent to an activating group) is 1. The van der Waals surface area contributed by atoms with Crippen molar-refractivity contribution in [2.24, 2.45) is 0 Å². The van der Waals surface area contributed by atoms with E-state index in [4.69, 9.17) is 0 Å². The highest BCUT2D eigenvalue weighted by atomic mass is 16.2. The highest BCUT2D eigenvalue weighted by molar-refractivity contribution is 5.81. The van der Waals surface area contributed by atoms with Crippen LogP contribution in [0.5, 0.6) is 0 Å². The lowest BCUT2D eigenvalue weighted by Gasteiger charge is -2.27. The molecule has 3 nitrogen and oxygen atoms in total. The first-order chi connectivity index (χ1) is 9.53. The summed E-state index contributed by atoms with van der Waals surface area (Å²) in [6.07, 6.45) is 0.971. The van der Waals surface area contributed by atoms with E-state index in [1.165, 1.54) is 11.1 Å². The Balaban J connectivity index is 2.73. The summed E-state index contributed by atoms with van der Waals surface area (Å²) in [4.78, 5) is 14.2. The van der Waals surface area contributed by atoms with Crippen molar-refractivity contribution in [3.63, 3.8) is 0 Å². The molecule has 0 aliphatic heterocycles. The van der Waals surface area contributed by atoms with Gasteiger partial charge in [-0.05, 0) is 39.7 Å². The molecular formula is C17H28N2O. The van der Waals surface area contributed by atoms with Gasteiger partial charge in [-0.1, -0.05) is 36.8 Å². The molecule has 0 aromatic heterocycles. The van der Waals surface area contributed by atoms with Crippen LogP contribution in [0.3, 0.4) is 0 Å². The number of rotatable bonds is 7. The third kappa shape index (κ3) is 4.34. The SMILES string of the molecule is CCC(NC(C)C(=O)N(CC)CC)c1ccc(C)cc1. The Morgan fingerprint density at radius 1 is 1.15 bits per heavy atom. The maximum atomic E-state index is 12.3. The molecule has 0 saturated carbocycles. The van der Waals surface area contributed by atoms with Gasteiger partial charge in [0.25, 0.3) is 0 Å². The minimum absolute atomic E-state index is 0.152. The standard InChI is InChI=1S/C17H28N2O/c1-6-16(15-11-9-13(4)10-12-15)18-14(5)17(20)19(7-2)8-3/h9-12,14,16,18H,6-8H2,1-5H3. The average molecular weight is 276 g/mol. The molecule has 0 saturated heterocycles. The number of carbonyl (C=O) groups excluding carboxylic acids is 1. The van der Waals surface area contributed by atoms with Crippen molar-refractivity contribution in [3.8, 4) is 0 Å². The molecule has 1 N–H and O–H groups in total. The van der Waals surface area contributed by atoms with Crippen LogP contribution < -0.4 is 5.32 Å². The Kier molecular flexibility index (Phi) is 6.73.